The molecule has 18 heavy (non-hydrogen) atoms. The molecule has 1 rings (SSSR count). The van der Waals surface area contributed by atoms with Crippen LogP contribution in [-0.4, -0.2) is 23.8 Å². The van der Waals surface area contributed by atoms with Gasteiger partial charge in [0, 0.05) is 12.2 Å². The summed E-state index contributed by atoms with van der Waals surface area (Å²) < 4.78 is 18.9. The minimum absolute atomic E-state index is 0.149. The molecule has 0 aliphatic rings. The molecule has 1 aromatic rings. The minimum atomic E-state index is -1.64. The Balaban J connectivity index is 2.39. The Morgan fingerprint density at radius 1 is 1.33 bits per heavy atom. The van der Waals surface area contributed by atoms with E-state index in [0.717, 1.165) is 18.9 Å². The third-order valence-corrected chi connectivity index (χ3v) is 2.70. The van der Waals surface area contributed by atoms with Crippen LogP contribution in [0.2, 0.25) is 0 Å². The van der Waals surface area contributed by atoms with Crippen molar-refractivity contribution in [2.75, 3.05) is 6.61 Å². The molecule has 0 atom stereocenters. The molecule has 0 saturated heterocycles. The Morgan fingerprint density at radius 3 is 2.61 bits per heavy atom. The summed E-state index contributed by atoms with van der Waals surface area (Å²) in [6.45, 7) is 5.13. The molecule has 1 aromatic carbocycles. The first-order valence-corrected chi connectivity index (χ1v) is 6.23. The predicted octanol–water partition coefficient (Wildman–Crippen LogP) is 1.46. The summed E-state index contributed by atoms with van der Waals surface area (Å²) in [5.74, 6) is 0.181. The van der Waals surface area contributed by atoms with Crippen LogP contribution in [0, 0.1) is 11.7 Å². The number of hydrogen-bond acceptors (Lipinski definition) is 3. The maximum Gasteiger partial charge on any atom is 0.488 e. The maximum atomic E-state index is 13.5. The fourth-order valence-electron chi connectivity index (χ4n) is 1.62. The van der Waals surface area contributed by atoms with E-state index in [1.807, 2.05) is 0 Å². The van der Waals surface area contributed by atoms with Crippen molar-refractivity contribution in [3.63, 3.8) is 0 Å². The van der Waals surface area contributed by atoms with E-state index in [0.29, 0.717) is 18.1 Å². The molecule has 0 fully saturated rings. The first kappa shape index (κ1) is 15.2. The van der Waals surface area contributed by atoms with Gasteiger partial charge in [0.25, 0.3) is 0 Å². The largest absolute Gasteiger partial charge is 0.488 e. The molecular weight excluding hydrogens is 234 g/mol. The molecule has 0 spiro atoms. The van der Waals surface area contributed by atoms with Crippen molar-refractivity contribution in [3.8, 4) is 0 Å². The van der Waals surface area contributed by atoms with Crippen molar-refractivity contribution in [1.82, 2.24) is 0 Å². The maximum absolute atomic E-state index is 13.5. The lowest BCUT2D eigenvalue weighted by atomic mass is 9.80. The average molecular weight is 254 g/mol. The van der Waals surface area contributed by atoms with Gasteiger partial charge in [-0.3, -0.25) is 0 Å². The van der Waals surface area contributed by atoms with E-state index in [1.54, 1.807) is 0 Å². The highest BCUT2D eigenvalue weighted by Crippen LogP contribution is 2.08. The standard InChI is InChI=1S/C13H20BFO3/c1-10(2)4-3-7-18-9-11-5-6-12(14(16)17)8-13(11)15/h5-6,8,10,16-17H,3-4,7,9H2,1-2H3. The predicted molar refractivity (Wildman–Crippen MR) is 70.0 cm³/mol. The zero-order valence-corrected chi connectivity index (χ0v) is 10.9. The van der Waals surface area contributed by atoms with Crippen LogP contribution in [0.4, 0.5) is 4.39 Å². The van der Waals surface area contributed by atoms with Crippen LogP contribution >= 0.6 is 0 Å². The second kappa shape index (κ2) is 7.51. The fraction of sp³-hybridized carbons (Fsp3) is 0.538. The van der Waals surface area contributed by atoms with Gasteiger partial charge in [-0.25, -0.2) is 4.39 Å². The smallest absolute Gasteiger partial charge is 0.423 e. The molecule has 0 saturated carbocycles. The topological polar surface area (TPSA) is 49.7 Å². The average Bonchev–Trinajstić information content (AvgIpc) is 2.29. The highest BCUT2D eigenvalue weighted by atomic mass is 19.1. The van der Waals surface area contributed by atoms with E-state index in [4.69, 9.17) is 14.8 Å². The van der Waals surface area contributed by atoms with E-state index < -0.39 is 12.9 Å². The van der Waals surface area contributed by atoms with Crippen LogP contribution in [0.25, 0.3) is 0 Å². The summed E-state index contributed by atoms with van der Waals surface area (Å²) >= 11 is 0. The normalized spacial score (nSPS) is 11.0. The van der Waals surface area contributed by atoms with Gasteiger partial charge in [-0.2, -0.15) is 0 Å². The molecule has 3 nitrogen and oxygen atoms in total. The van der Waals surface area contributed by atoms with E-state index in [9.17, 15) is 4.39 Å². The highest BCUT2D eigenvalue weighted by Gasteiger charge is 2.13. The van der Waals surface area contributed by atoms with E-state index in [2.05, 4.69) is 13.8 Å². The molecule has 100 valence electrons. The minimum Gasteiger partial charge on any atom is -0.423 e. The van der Waals surface area contributed by atoms with Gasteiger partial charge in [0.15, 0.2) is 0 Å². The molecule has 0 bridgehead atoms. The Bertz CT molecular complexity index is 369. The monoisotopic (exact) mass is 254 g/mol. The molecule has 0 radical (unpaired) electrons. The van der Waals surface area contributed by atoms with Gasteiger partial charge >= 0.3 is 7.12 Å². The van der Waals surface area contributed by atoms with Crippen LogP contribution in [-0.2, 0) is 11.3 Å². The van der Waals surface area contributed by atoms with Gasteiger partial charge < -0.3 is 14.8 Å². The van der Waals surface area contributed by atoms with Crippen molar-refractivity contribution >= 4 is 12.6 Å². The van der Waals surface area contributed by atoms with Crippen molar-refractivity contribution in [2.45, 2.75) is 33.3 Å². The van der Waals surface area contributed by atoms with Gasteiger partial charge in [-0.15, -0.1) is 0 Å². The molecule has 0 heterocycles. The SMILES string of the molecule is CC(C)CCCOCc1ccc(B(O)O)cc1F. The van der Waals surface area contributed by atoms with Crippen molar-refractivity contribution < 1.29 is 19.2 Å². The number of ether oxygens (including phenoxy) is 1. The Labute approximate surface area is 108 Å². The lowest BCUT2D eigenvalue weighted by Crippen LogP contribution is -2.30. The number of halogens is 1. The molecule has 0 aromatic heterocycles. The zero-order chi connectivity index (χ0) is 13.5. The Morgan fingerprint density at radius 2 is 2.06 bits per heavy atom. The molecular formula is C13H20BFO3. The van der Waals surface area contributed by atoms with E-state index in [-0.39, 0.29) is 12.1 Å². The summed E-state index contributed by atoms with van der Waals surface area (Å²) in [7, 11) is -1.64. The molecule has 0 aliphatic heterocycles. The van der Waals surface area contributed by atoms with Crippen LogP contribution < -0.4 is 5.46 Å². The third-order valence-electron chi connectivity index (χ3n) is 2.70. The van der Waals surface area contributed by atoms with E-state index >= 15 is 0 Å². The number of hydrogen-bond donors (Lipinski definition) is 2. The quantitative estimate of drug-likeness (QED) is 0.572. The Kier molecular flexibility index (Phi) is 6.32. The van der Waals surface area contributed by atoms with Crippen LogP contribution in [0.3, 0.4) is 0 Å². The first-order valence-electron chi connectivity index (χ1n) is 6.23. The van der Waals surface area contributed by atoms with Gasteiger partial charge in [0.05, 0.1) is 6.61 Å². The molecule has 0 aliphatic carbocycles. The summed E-state index contributed by atoms with van der Waals surface area (Å²) in [6.07, 6.45) is 2.06. The molecule has 0 unspecified atom stereocenters. The first-order chi connectivity index (χ1) is 8.50. The zero-order valence-electron chi connectivity index (χ0n) is 10.9. The summed E-state index contributed by atoms with van der Waals surface area (Å²) in [4.78, 5) is 0. The van der Waals surface area contributed by atoms with Crippen LogP contribution in [0.5, 0.6) is 0 Å². The summed E-state index contributed by atoms with van der Waals surface area (Å²) in [5, 5.41) is 17.8. The number of rotatable bonds is 7. The lowest BCUT2D eigenvalue weighted by molar-refractivity contribution is 0.112. The number of benzene rings is 1. The van der Waals surface area contributed by atoms with Crippen LogP contribution in [0.15, 0.2) is 18.2 Å². The molecule has 0 amide bonds. The highest BCUT2D eigenvalue weighted by molar-refractivity contribution is 6.58. The lowest BCUT2D eigenvalue weighted by Gasteiger charge is -2.08. The molecule has 5 heteroatoms. The van der Waals surface area contributed by atoms with Gasteiger partial charge in [0.2, 0.25) is 0 Å². The second-order valence-electron chi connectivity index (χ2n) is 4.81. The summed E-state index contributed by atoms with van der Waals surface area (Å²) in [5.41, 5.74) is 0.583. The fourth-order valence-corrected chi connectivity index (χ4v) is 1.62. The van der Waals surface area contributed by atoms with Gasteiger partial charge in [-0.05, 0) is 30.3 Å². The van der Waals surface area contributed by atoms with Crippen LogP contribution in [0.1, 0.15) is 32.3 Å². The Hall–Kier alpha value is -0.905. The summed E-state index contributed by atoms with van der Waals surface area (Å²) in [6, 6.07) is 4.13. The molecule has 2 N–H and O–H groups in total. The van der Waals surface area contributed by atoms with Crippen molar-refractivity contribution in [3.05, 3.63) is 29.6 Å². The van der Waals surface area contributed by atoms with Crippen molar-refractivity contribution in [1.29, 1.82) is 0 Å². The second-order valence-corrected chi connectivity index (χ2v) is 4.81. The van der Waals surface area contributed by atoms with E-state index in [1.165, 1.54) is 12.1 Å². The van der Waals surface area contributed by atoms with Crippen molar-refractivity contribution in [2.24, 2.45) is 5.92 Å². The van der Waals surface area contributed by atoms with Gasteiger partial charge in [0.1, 0.15) is 5.82 Å². The van der Waals surface area contributed by atoms with Gasteiger partial charge in [-0.1, -0.05) is 26.0 Å². The third kappa shape index (κ3) is 5.17.